The lowest BCUT2D eigenvalue weighted by Crippen LogP contribution is -2.51. The summed E-state index contributed by atoms with van der Waals surface area (Å²) in [4.78, 5) is 2.47. The van der Waals surface area contributed by atoms with Gasteiger partial charge in [-0.25, -0.2) is 0 Å². The summed E-state index contributed by atoms with van der Waals surface area (Å²) in [6.45, 7) is 11.4. The van der Waals surface area contributed by atoms with Crippen molar-refractivity contribution in [3.8, 4) is 0 Å². The lowest BCUT2D eigenvalue weighted by atomic mass is 9.97. The van der Waals surface area contributed by atoms with Crippen LogP contribution in [0, 0.1) is 0 Å². The molecule has 1 aliphatic rings. The molecule has 1 aliphatic heterocycles. The van der Waals surface area contributed by atoms with Crippen LogP contribution in [-0.4, -0.2) is 47.3 Å². The SMILES string of the molecule is CCC(C)(O)CN1CCCCC1CNC(C)C. The monoisotopic (exact) mass is 242 g/mol. The van der Waals surface area contributed by atoms with Crippen molar-refractivity contribution in [2.75, 3.05) is 19.6 Å². The van der Waals surface area contributed by atoms with Crippen LogP contribution in [0.25, 0.3) is 0 Å². The zero-order valence-corrected chi connectivity index (χ0v) is 12.0. The van der Waals surface area contributed by atoms with Crippen LogP contribution in [0.5, 0.6) is 0 Å². The molecule has 1 rings (SSSR count). The van der Waals surface area contributed by atoms with E-state index in [1.165, 1.54) is 19.3 Å². The Morgan fingerprint density at radius 2 is 2.12 bits per heavy atom. The standard InChI is InChI=1S/C14H30N2O/c1-5-14(4,17)11-16-9-7-6-8-13(16)10-15-12(2)3/h12-13,15,17H,5-11H2,1-4H3. The van der Waals surface area contributed by atoms with Gasteiger partial charge in [0.15, 0.2) is 0 Å². The second-order valence-corrected chi connectivity index (χ2v) is 6.03. The van der Waals surface area contributed by atoms with Crippen LogP contribution in [-0.2, 0) is 0 Å². The zero-order valence-electron chi connectivity index (χ0n) is 12.0. The van der Waals surface area contributed by atoms with E-state index in [9.17, 15) is 5.11 Å². The van der Waals surface area contributed by atoms with Crippen LogP contribution >= 0.6 is 0 Å². The predicted octanol–water partition coefficient (Wildman–Crippen LogP) is 2.00. The van der Waals surface area contributed by atoms with Crippen LogP contribution in [0.1, 0.15) is 53.4 Å². The summed E-state index contributed by atoms with van der Waals surface area (Å²) in [7, 11) is 0. The van der Waals surface area contributed by atoms with Crippen LogP contribution < -0.4 is 5.32 Å². The van der Waals surface area contributed by atoms with E-state index in [0.29, 0.717) is 12.1 Å². The summed E-state index contributed by atoms with van der Waals surface area (Å²) in [5.74, 6) is 0. The number of piperidine rings is 1. The van der Waals surface area contributed by atoms with Gasteiger partial charge >= 0.3 is 0 Å². The molecule has 2 atom stereocenters. The van der Waals surface area contributed by atoms with Crippen LogP contribution in [0.3, 0.4) is 0 Å². The molecule has 3 nitrogen and oxygen atoms in total. The second-order valence-electron chi connectivity index (χ2n) is 6.03. The summed E-state index contributed by atoms with van der Waals surface area (Å²) >= 11 is 0. The number of rotatable bonds is 6. The van der Waals surface area contributed by atoms with Crippen molar-refractivity contribution in [3.63, 3.8) is 0 Å². The average molecular weight is 242 g/mol. The first-order chi connectivity index (χ1) is 7.94. The first-order valence-corrected chi connectivity index (χ1v) is 7.14. The Bertz CT molecular complexity index is 216. The molecule has 102 valence electrons. The summed E-state index contributed by atoms with van der Waals surface area (Å²) in [6.07, 6.45) is 4.69. The van der Waals surface area contributed by atoms with Gasteiger partial charge in [-0.05, 0) is 32.7 Å². The Balaban J connectivity index is 2.47. The van der Waals surface area contributed by atoms with Crippen molar-refractivity contribution in [2.24, 2.45) is 0 Å². The second kappa shape index (κ2) is 6.72. The van der Waals surface area contributed by atoms with E-state index in [1.807, 2.05) is 6.92 Å². The quantitative estimate of drug-likeness (QED) is 0.748. The van der Waals surface area contributed by atoms with E-state index < -0.39 is 5.60 Å². The van der Waals surface area contributed by atoms with Crippen molar-refractivity contribution in [2.45, 2.75) is 71.1 Å². The van der Waals surface area contributed by atoms with Gasteiger partial charge in [0.05, 0.1) is 5.60 Å². The van der Waals surface area contributed by atoms with Crippen molar-refractivity contribution >= 4 is 0 Å². The molecule has 3 heteroatoms. The molecule has 1 fully saturated rings. The molecule has 0 amide bonds. The molecular formula is C14H30N2O. The fourth-order valence-corrected chi connectivity index (χ4v) is 2.42. The first kappa shape index (κ1) is 14.9. The molecule has 0 aromatic heterocycles. The van der Waals surface area contributed by atoms with Crippen LogP contribution in [0.15, 0.2) is 0 Å². The minimum atomic E-state index is -0.534. The van der Waals surface area contributed by atoms with E-state index in [4.69, 9.17) is 0 Å². The first-order valence-electron chi connectivity index (χ1n) is 7.14. The third kappa shape index (κ3) is 5.36. The van der Waals surface area contributed by atoms with Crippen LogP contribution in [0.2, 0.25) is 0 Å². The third-order valence-corrected chi connectivity index (χ3v) is 3.82. The summed E-state index contributed by atoms with van der Waals surface area (Å²) in [5.41, 5.74) is -0.534. The maximum Gasteiger partial charge on any atom is 0.0743 e. The van der Waals surface area contributed by atoms with Gasteiger partial charge in [-0.3, -0.25) is 4.90 Å². The Morgan fingerprint density at radius 3 is 2.71 bits per heavy atom. The van der Waals surface area contributed by atoms with Gasteiger partial charge < -0.3 is 10.4 Å². The van der Waals surface area contributed by atoms with Gasteiger partial charge in [0, 0.05) is 25.2 Å². The number of nitrogens with one attached hydrogen (secondary N) is 1. The zero-order chi connectivity index (χ0) is 12.9. The van der Waals surface area contributed by atoms with E-state index >= 15 is 0 Å². The highest BCUT2D eigenvalue weighted by molar-refractivity contribution is 4.84. The highest BCUT2D eigenvalue weighted by Gasteiger charge is 2.28. The van der Waals surface area contributed by atoms with E-state index in [2.05, 4.69) is 31.0 Å². The third-order valence-electron chi connectivity index (χ3n) is 3.82. The molecule has 0 saturated carbocycles. The molecule has 0 radical (unpaired) electrons. The number of likely N-dealkylation sites (tertiary alicyclic amines) is 1. The van der Waals surface area contributed by atoms with Gasteiger partial charge in [-0.15, -0.1) is 0 Å². The van der Waals surface area contributed by atoms with E-state index in [-0.39, 0.29) is 0 Å². The van der Waals surface area contributed by atoms with Crippen molar-refractivity contribution in [1.29, 1.82) is 0 Å². The van der Waals surface area contributed by atoms with Gasteiger partial charge in [-0.1, -0.05) is 27.2 Å². The molecule has 0 aliphatic carbocycles. The molecule has 0 bridgehead atoms. The smallest absolute Gasteiger partial charge is 0.0743 e. The number of nitrogens with zero attached hydrogens (tertiary/aromatic N) is 1. The molecule has 17 heavy (non-hydrogen) atoms. The lowest BCUT2D eigenvalue weighted by molar-refractivity contribution is -0.00619. The molecule has 1 heterocycles. The van der Waals surface area contributed by atoms with Gasteiger partial charge in [-0.2, -0.15) is 0 Å². The number of hydrogen-bond donors (Lipinski definition) is 2. The Labute approximate surface area is 107 Å². The Kier molecular flexibility index (Phi) is 5.90. The number of β-amino-alcohol motifs (C(OH)–C–C–N with tert-alkyl or cyclic N) is 1. The molecule has 1 saturated heterocycles. The van der Waals surface area contributed by atoms with Gasteiger partial charge in [0.25, 0.3) is 0 Å². The maximum absolute atomic E-state index is 10.2. The van der Waals surface area contributed by atoms with Crippen LogP contribution in [0.4, 0.5) is 0 Å². The minimum Gasteiger partial charge on any atom is -0.389 e. The summed E-state index contributed by atoms with van der Waals surface area (Å²) < 4.78 is 0. The normalized spacial score (nSPS) is 26.1. The fourth-order valence-electron chi connectivity index (χ4n) is 2.42. The molecule has 2 unspecified atom stereocenters. The molecular weight excluding hydrogens is 212 g/mol. The average Bonchev–Trinajstić information content (AvgIpc) is 2.27. The van der Waals surface area contributed by atoms with Gasteiger partial charge in [0.2, 0.25) is 0 Å². The molecule has 2 N–H and O–H groups in total. The topological polar surface area (TPSA) is 35.5 Å². The Morgan fingerprint density at radius 1 is 1.41 bits per heavy atom. The molecule has 0 spiro atoms. The Hall–Kier alpha value is -0.120. The highest BCUT2D eigenvalue weighted by Crippen LogP contribution is 2.20. The lowest BCUT2D eigenvalue weighted by Gasteiger charge is -2.40. The number of aliphatic hydroxyl groups is 1. The van der Waals surface area contributed by atoms with Crippen molar-refractivity contribution in [1.82, 2.24) is 10.2 Å². The van der Waals surface area contributed by atoms with Crippen molar-refractivity contribution < 1.29 is 5.11 Å². The number of hydrogen-bond acceptors (Lipinski definition) is 3. The fraction of sp³-hybridized carbons (Fsp3) is 1.00. The maximum atomic E-state index is 10.2. The van der Waals surface area contributed by atoms with E-state index in [1.54, 1.807) is 0 Å². The summed E-state index contributed by atoms with van der Waals surface area (Å²) in [5, 5.41) is 13.7. The minimum absolute atomic E-state index is 0.534. The summed E-state index contributed by atoms with van der Waals surface area (Å²) in [6, 6.07) is 1.15. The van der Waals surface area contributed by atoms with Gasteiger partial charge in [0.1, 0.15) is 0 Å². The predicted molar refractivity (Wildman–Crippen MR) is 73.3 cm³/mol. The molecule has 0 aromatic rings. The largest absolute Gasteiger partial charge is 0.389 e. The molecule has 0 aromatic carbocycles. The van der Waals surface area contributed by atoms with E-state index in [0.717, 1.165) is 26.1 Å². The highest BCUT2D eigenvalue weighted by atomic mass is 16.3. The van der Waals surface area contributed by atoms with Crippen molar-refractivity contribution in [3.05, 3.63) is 0 Å².